The molecular formula is C14H17ClN4OS. The van der Waals surface area contributed by atoms with Crippen LogP contribution in [0.4, 0.5) is 5.13 Å². The number of carbonyl (C=O) groups excluding carboxylic acids is 1. The third kappa shape index (κ3) is 4.00. The van der Waals surface area contributed by atoms with Crippen molar-refractivity contribution in [3.8, 4) is 0 Å². The van der Waals surface area contributed by atoms with Gasteiger partial charge >= 0.3 is 0 Å². The van der Waals surface area contributed by atoms with Crippen molar-refractivity contribution in [3.05, 3.63) is 41.2 Å². The predicted octanol–water partition coefficient (Wildman–Crippen LogP) is 2.68. The molecule has 0 bridgehead atoms. The third-order valence-corrected chi connectivity index (χ3v) is 4.46. The van der Waals surface area contributed by atoms with Crippen LogP contribution in [0.2, 0.25) is 0 Å². The van der Waals surface area contributed by atoms with E-state index in [1.807, 2.05) is 6.20 Å². The molecule has 3 rings (SSSR count). The minimum atomic E-state index is -0.211. The fourth-order valence-electron chi connectivity index (χ4n) is 2.30. The summed E-state index contributed by atoms with van der Waals surface area (Å²) in [6.45, 7) is 2.11. The van der Waals surface area contributed by atoms with Crippen LogP contribution in [-0.2, 0) is 0 Å². The lowest BCUT2D eigenvalue weighted by Gasteiger charge is -2.20. The molecule has 0 atom stereocenters. The van der Waals surface area contributed by atoms with Gasteiger partial charge in [0.15, 0.2) is 5.13 Å². The first kappa shape index (κ1) is 15.9. The molecule has 0 aliphatic carbocycles. The van der Waals surface area contributed by atoms with E-state index in [4.69, 9.17) is 0 Å². The highest BCUT2D eigenvalue weighted by molar-refractivity contribution is 7.15. The second-order valence-electron chi connectivity index (χ2n) is 4.76. The molecule has 0 spiro atoms. The monoisotopic (exact) mass is 324 g/mol. The van der Waals surface area contributed by atoms with E-state index < -0.39 is 0 Å². The molecular weight excluding hydrogens is 308 g/mol. The molecule has 7 heteroatoms. The van der Waals surface area contributed by atoms with E-state index in [-0.39, 0.29) is 18.3 Å². The fraction of sp³-hybridized carbons (Fsp3) is 0.357. The second kappa shape index (κ2) is 7.49. The Morgan fingerprint density at radius 1 is 1.29 bits per heavy atom. The van der Waals surface area contributed by atoms with Gasteiger partial charge in [-0.05, 0) is 44.0 Å². The summed E-state index contributed by atoms with van der Waals surface area (Å²) in [5, 5.41) is 6.81. The van der Waals surface area contributed by atoms with Crippen LogP contribution in [0.1, 0.15) is 34.1 Å². The molecule has 112 valence electrons. The number of amides is 1. The van der Waals surface area contributed by atoms with Gasteiger partial charge in [0.2, 0.25) is 0 Å². The Bertz CT molecular complexity index is 584. The molecule has 0 aromatic carbocycles. The van der Waals surface area contributed by atoms with Gasteiger partial charge in [0.1, 0.15) is 5.69 Å². The van der Waals surface area contributed by atoms with Crippen molar-refractivity contribution in [1.82, 2.24) is 15.3 Å². The second-order valence-corrected chi connectivity index (χ2v) is 5.82. The molecule has 1 aliphatic rings. The molecule has 1 fully saturated rings. The van der Waals surface area contributed by atoms with E-state index >= 15 is 0 Å². The summed E-state index contributed by atoms with van der Waals surface area (Å²) < 4.78 is 0. The van der Waals surface area contributed by atoms with Crippen molar-refractivity contribution in [1.29, 1.82) is 0 Å². The molecule has 21 heavy (non-hydrogen) atoms. The summed E-state index contributed by atoms with van der Waals surface area (Å²) in [5.41, 5.74) is 0.408. The van der Waals surface area contributed by atoms with E-state index in [2.05, 4.69) is 20.6 Å². The Balaban J connectivity index is 0.00000161. The van der Waals surface area contributed by atoms with Crippen molar-refractivity contribution >= 4 is 34.8 Å². The minimum absolute atomic E-state index is 0. The van der Waals surface area contributed by atoms with Crippen LogP contribution in [0, 0.1) is 0 Å². The number of thiazole rings is 1. The van der Waals surface area contributed by atoms with E-state index in [1.54, 1.807) is 35.7 Å². The number of nitrogens with zero attached hydrogens (tertiary/aromatic N) is 2. The van der Waals surface area contributed by atoms with Crippen LogP contribution in [0.5, 0.6) is 0 Å². The van der Waals surface area contributed by atoms with Crippen LogP contribution >= 0.6 is 23.7 Å². The first-order valence-electron chi connectivity index (χ1n) is 6.72. The number of rotatable bonds is 3. The zero-order valence-electron chi connectivity index (χ0n) is 11.4. The summed E-state index contributed by atoms with van der Waals surface area (Å²) in [4.78, 5) is 21.6. The van der Waals surface area contributed by atoms with Gasteiger partial charge < -0.3 is 5.32 Å². The van der Waals surface area contributed by atoms with Crippen LogP contribution in [0.25, 0.3) is 0 Å². The van der Waals surface area contributed by atoms with E-state index in [1.165, 1.54) is 4.88 Å². The Labute approximate surface area is 133 Å². The summed E-state index contributed by atoms with van der Waals surface area (Å²) >= 11 is 1.56. The average molecular weight is 325 g/mol. The molecule has 1 aliphatic heterocycles. The lowest BCUT2D eigenvalue weighted by Crippen LogP contribution is -2.26. The minimum Gasteiger partial charge on any atom is -0.317 e. The Morgan fingerprint density at radius 2 is 2.10 bits per heavy atom. The summed E-state index contributed by atoms with van der Waals surface area (Å²) in [5.74, 6) is 0.353. The molecule has 0 unspecified atom stereocenters. The van der Waals surface area contributed by atoms with Gasteiger partial charge in [-0.3, -0.25) is 15.1 Å². The molecule has 0 saturated carbocycles. The first-order valence-corrected chi connectivity index (χ1v) is 7.53. The smallest absolute Gasteiger partial charge is 0.276 e. The molecule has 0 radical (unpaired) electrons. The van der Waals surface area contributed by atoms with E-state index in [9.17, 15) is 4.79 Å². The third-order valence-electron chi connectivity index (χ3n) is 3.38. The van der Waals surface area contributed by atoms with Crippen molar-refractivity contribution in [3.63, 3.8) is 0 Å². The van der Waals surface area contributed by atoms with Gasteiger partial charge in [-0.2, -0.15) is 0 Å². The molecule has 2 N–H and O–H groups in total. The lowest BCUT2D eigenvalue weighted by atomic mass is 9.97. The Morgan fingerprint density at radius 3 is 2.81 bits per heavy atom. The molecule has 1 saturated heterocycles. The van der Waals surface area contributed by atoms with Gasteiger partial charge in [0.05, 0.1) is 0 Å². The van der Waals surface area contributed by atoms with Crippen molar-refractivity contribution in [2.75, 3.05) is 18.4 Å². The molecule has 1 amide bonds. The number of pyridine rings is 1. The topological polar surface area (TPSA) is 66.9 Å². The molecule has 3 heterocycles. The van der Waals surface area contributed by atoms with Crippen molar-refractivity contribution < 1.29 is 4.79 Å². The number of carbonyl (C=O) groups is 1. The maximum absolute atomic E-state index is 12.0. The number of nitrogens with one attached hydrogen (secondary N) is 2. The highest BCUT2D eigenvalue weighted by Gasteiger charge is 2.18. The highest BCUT2D eigenvalue weighted by atomic mass is 35.5. The number of piperidine rings is 1. The van der Waals surface area contributed by atoms with Crippen molar-refractivity contribution in [2.45, 2.75) is 18.8 Å². The maximum Gasteiger partial charge on any atom is 0.276 e. The van der Waals surface area contributed by atoms with E-state index in [0.29, 0.717) is 16.7 Å². The maximum atomic E-state index is 12.0. The number of aromatic nitrogens is 2. The van der Waals surface area contributed by atoms with Gasteiger partial charge in [0, 0.05) is 17.3 Å². The van der Waals surface area contributed by atoms with E-state index in [0.717, 1.165) is 25.9 Å². The number of hydrogen-bond donors (Lipinski definition) is 2. The summed E-state index contributed by atoms with van der Waals surface area (Å²) in [6.07, 6.45) is 5.76. The van der Waals surface area contributed by atoms with Crippen LogP contribution in [0.3, 0.4) is 0 Å². The zero-order chi connectivity index (χ0) is 13.8. The number of hydrogen-bond acceptors (Lipinski definition) is 5. The summed E-state index contributed by atoms with van der Waals surface area (Å²) in [6, 6.07) is 5.27. The predicted molar refractivity (Wildman–Crippen MR) is 86.4 cm³/mol. The Hall–Kier alpha value is -1.50. The van der Waals surface area contributed by atoms with Gasteiger partial charge in [-0.1, -0.05) is 6.07 Å². The summed E-state index contributed by atoms with van der Waals surface area (Å²) in [7, 11) is 0. The average Bonchev–Trinajstić information content (AvgIpc) is 2.97. The largest absolute Gasteiger partial charge is 0.317 e. The fourth-order valence-corrected chi connectivity index (χ4v) is 3.28. The zero-order valence-corrected chi connectivity index (χ0v) is 13.0. The lowest BCUT2D eigenvalue weighted by molar-refractivity contribution is 0.102. The van der Waals surface area contributed by atoms with Crippen LogP contribution in [0.15, 0.2) is 30.6 Å². The van der Waals surface area contributed by atoms with Gasteiger partial charge in [0.25, 0.3) is 5.91 Å². The molecule has 2 aromatic rings. The quantitative estimate of drug-likeness (QED) is 0.911. The van der Waals surface area contributed by atoms with Crippen LogP contribution < -0.4 is 10.6 Å². The van der Waals surface area contributed by atoms with Gasteiger partial charge in [-0.25, -0.2) is 4.98 Å². The van der Waals surface area contributed by atoms with Crippen LogP contribution in [-0.4, -0.2) is 29.0 Å². The SMILES string of the molecule is Cl.O=C(Nc1ncc(C2CCNCC2)s1)c1ccccn1. The Kier molecular flexibility index (Phi) is 5.67. The van der Waals surface area contributed by atoms with Gasteiger partial charge in [-0.15, -0.1) is 23.7 Å². The molecule has 5 nitrogen and oxygen atoms in total. The number of halogens is 1. The first-order chi connectivity index (χ1) is 9.83. The normalized spacial score (nSPS) is 15.2. The highest BCUT2D eigenvalue weighted by Crippen LogP contribution is 2.31. The molecule has 2 aromatic heterocycles. The standard InChI is InChI=1S/C14H16N4OS.ClH/c19-13(11-3-1-2-6-16-11)18-14-17-9-12(20-14)10-4-7-15-8-5-10;/h1-3,6,9-10,15H,4-5,7-8H2,(H,17,18,19);1H. The van der Waals surface area contributed by atoms with Crippen molar-refractivity contribution in [2.24, 2.45) is 0 Å². The number of anilines is 1.